The summed E-state index contributed by atoms with van der Waals surface area (Å²) >= 11 is 0. The molecule has 0 radical (unpaired) electrons. The molecule has 0 spiro atoms. The van der Waals surface area contributed by atoms with Crippen LogP contribution in [0.2, 0.25) is 0 Å². The Bertz CT molecular complexity index is 346. The van der Waals surface area contributed by atoms with E-state index in [1.54, 1.807) is 0 Å². The Labute approximate surface area is 82.9 Å². The second-order valence-electron chi connectivity index (χ2n) is 4.34. The van der Waals surface area contributed by atoms with Crippen molar-refractivity contribution >= 4 is 0 Å². The Morgan fingerprint density at radius 3 is 2.36 bits per heavy atom. The fourth-order valence-electron chi connectivity index (χ4n) is 2.05. The molecule has 0 aliphatic heterocycles. The standard InChI is InChI=1S/C12H14F2/c1-9-4-3-5-10(8-9)12(6-7-12)11(2,13)14/h3-5,8H,6-7H2,1-2H3. The molecule has 1 fully saturated rings. The van der Waals surface area contributed by atoms with E-state index in [1.807, 2.05) is 31.2 Å². The molecule has 1 saturated carbocycles. The zero-order chi connectivity index (χ0) is 10.4. The summed E-state index contributed by atoms with van der Waals surface area (Å²) in [6.45, 7) is 2.97. The van der Waals surface area contributed by atoms with E-state index in [9.17, 15) is 8.78 Å². The summed E-state index contributed by atoms with van der Waals surface area (Å²) in [7, 11) is 0. The van der Waals surface area contributed by atoms with Crippen LogP contribution in [0.5, 0.6) is 0 Å². The lowest BCUT2D eigenvalue weighted by Crippen LogP contribution is -2.30. The third kappa shape index (κ3) is 1.33. The maximum atomic E-state index is 13.4. The van der Waals surface area contributed by atoms with Crippen LogP contribution in [0.25, 0.3) is 0 Å². The summed E-state index contributed by atoms with van der Waals surface area (Å²) in [5.74, 6) is -2.60. The Morgan fingerprint density at radius 1 is 1.29 bits per heavy atom. The monoisotopic (exact) mass is 196 g/mol. The molecule has 0 amide bonds. The number of aryl methyl sites for hydroxylation is 1. The maximum absolute atomic E-state index is 13.4. The molecule has 0 atom stereocenters. The first-order valence-corrected chi connectivity index (χ1v) is 4.91. The summed E-state index contributed by atoms with van der Waals surface area (Å²) in [5, 5.41) is 0. The van der Waals surface area contributed by atoms with Gasteiger partial charge in [-0.25, -0.2) is 8.78 Å². The first-order chi connectivity index (χ1) is 6.46. The van der Waals surface area contributed by atoms with Gasteiger partial charge in [0.1, 0.15) is 0 Å². The quantitative estimate of drug-likeness (QED) is 0.676. The van der Waals surface area contributed by atoms with E-state index < -0.39 is 11.3 Å². The molecule has 0 bridgehead atoms. The zero-order valence-electron chi connectivity index (χ0n) is 8.48. The summed E-state index contributed by atoms with van der Waals surface area (Å²) in [4.78, 5) is 0. The number of hydrogen-bond acceptors (Lipinski definition) is 0. The van der Waals surface area contributed by atoms with Gasteiger partial charge in [0.25, 0.3) is 5.92 Å². The van der Waals surface area contributed by atoms with Gasteiger partial charge in [-0.05, 0) is 25.3 Å². The van der Waals surface area contributed by atoms with Gasteiger partial charge < -0.3 is 0 Å². The SMILES string of the molecule is Cc1cccc(C2(C(C)(F)F)CC2)c1. The van der Waals surface area contributed by atoms with E-state index in [1.165, 1.54) is 0 Å². The predicted octanol–water partition coefficient (Wildman–Crippen LogP) is 3.68. The van der Waals surface area contributed by atoms with Gasteiger partial charge in [0.05, 0.1) is 5.41 Å². The summed E-state index contributed by atoms with van der Waals surface area (Å²) in [6.07, 6.45) is 1.22. The first kappa shape index (κ1) is 9.63. The van der Waals surface area contributed by atoms with Crippen LogP contribution < -0.4 is 0 Å². The van der Waals surface area contributed by atoms with Crippen molar-refractivity contribution in [2.75, 3.05) is 0 Å². The number of hydrogen-bond donors (Lipinski definition) is 0. The highest BCUT2D eigenvalue weighted by Gasteiger charge is 2.59. The lowest BCUT2D eigenvalue weighted by atomic mass is 9.89. The molecule has 1 aliphatic carbocycles. The van der Waals surface area contributed by atoms with E-state index in [2.05, 4.69) is 0 Å². The molecule has 0 unspecified atom stereocenters. The third-order valence-electron chi connectivity index (χ3n) is 3.16. The molecule has 0 saturated heterocycles. The molecular weight excluding hydrogens is 182 g/mol. The van der Waals surface area contributed by atoms with E-state index >= 15 is 0 Å². The van der Waals surface area contributed by atoms with Crippen LogP contribution in [0.15, 0.2) is 24.3 Å². The molecule has 1 aromatic carbocycles. The fraction of sp³-hybridized carbons (Fsp3) is 0.500. The molecule has 76 valence electrons. The van der Waals surface area contributed by atoms with Gasteiger partial charge in [0.15, 0.2) is 0 Å². The smallest absolute Gasteiger partial charge is 0.206 e. The predicted molar refractivity (Wildman–Crippen MR) is 52.7 cm³/mol. The Kier molecular flexibility index (Phi) is 1.91. The highest BCUT2D eigenvalue weighted by atomic mass is 19.3. The lowest BCUT2D eigenvalue weighted by Gasteiger charge is -2.23. The van der Waals surface area contributed by atoms with Gasteiger partial charge in [-0.15, -0.1) is 0 Å². The molecular formula is C12H14F2. The van der Waals surface area contributed by atoms with Crippen molar-refractivity contribution in [2.24, 2.45) is 0 Å². The lowest BCUT2D eigenvalue weighted by molar-refractivity contribution is -0.0200. The second-order valence-corrected chi connectivity index (χ2v) is 4.34. The number of halogens is 2. The van der Waals surface area contributed by atoms with Crippen LogP contribution in [0.4, 0.5) is 8.78 Å². The maximum Gasteiger partial charge on any atom is 0.254 e. The van der Waals surface area contributed by atoms with Crippen molar-refractivity contribution in [3.8, 4) is 0 Å². The molecule has 0 heterocycles. The van der Waals surface area contributed by atoms with Crippen molar-refractivity contribution in [3.05, 3.63) is 35.4 Å². The van der Waals surface area contributed by atoms with Crippen LogP contribution >= 0.6 is 0 Å². The molecule has 0 aromatic heterocycles. The molecule has 0 N–H and O–H groups in total. The average Bonchev–Trinajstić information content (AvgIpc) is 2.82. The van der Waals surface area contributed by atoms with Crippen molar-refractivity contribution < 1.29 is 8.78 Å². The normalized spacial score (nSPS) is 19.4. The second kappa shape index (κ2) is 2.78. The Morgan fingerprint density at radius 2 is 1.93 bits per heavy atom. The highest BCUT2D eigenvalue weighted by molar-refractivity contribution is 5.36. The van der Waals surface area contributed by atoms with E-state index in [-0.39, 0.29) is 0 Å². The van der Waals surface area contributed by atoms with Crippen LogP contribution in [-0.2, 0) is 5.41 Å². The van der Waals surface area contributed by atoms with E-state index in [0.717, 1.165) is 18.1 Å². The van der Waals surface area contributed by atoms with Crippen LogP contribution in [-0.4, -0.2) is 5.92 Å². The summed E-state index contributed by atoms with van der Waals surface area (Å²) in [6, 6.07) is 7.49. The van der Waals surface area contributed by atoms with Crippen molar-refractivity contribution in [3.63, 3.8) is 0 Å². The van der Waals surface area contributed by atoms with Gasteiger partial charge in [0.2, 0.25) is 0 Å². The summed E-state index contributed by atoms with van der Waals surface area (Å²) < 4.78 is 26.8. The van der Waals surface area contributed by atoms with Crippen molar-refractivity contribution in [1.82, 2.24) is 0 Å². The Hall–Kier alpha value is -0.920. The zero-order valence-corrected chi connectivity index (χ0v) is 8.48. The Balaban J connectivity index is 2.41. The molecule has 2 heteroatoms. The minimum atomic E-state index is -2.60. The van der Waals surface area contributed by atoms with E-state index in [4.69, 9.17) is 0 Å². The minimum absolute atomic E-state index is 0.611. The van der Waals surface area contributed by atoms with E-state index in [0.29, 0.717) is 12.8 Å². The van der Waals surface area contributed by atoms with Crippen molar-refractivity contribution in [2.45, 2.75) is 38.0 Å². The summed E-state index contributed by atoms with van der Waals surface area (Å²) in [5.41, 5.74) is 0.988. The molecule has 1 aromatic rings. The largest absolute Gasteiger partial charge is 0.254 e. The number of rotatable bonds is 2. The molecule has 1 aliphatic rings. The molecule has 14 heavy (non-hydrogen) atoms. The van der Waals surface area contributed by atoms with Crippen LogP contribution in [0.3, 0.4) is 0 Å². The average molecular weight is 196 g/mol. The third-order valence-corrected chi connectivity index (χ3v) is 3.16. The van der Waals surface area contributed by atoms with Crippen molar-refractivity contribution in [1.29, 1.82) is 0 Å². The minimum Gasteiger partial charge on any atom is -0.206 e. The van der Waals surface area contributed by atoms with Gasteiger partial charge in [0, 0.05) is 6.92 Å². The molecule has 0 nitrogen and oxygen atoms in total. The van der Waals surface area contributed by atoms with Gasteiger partial charge >= 0.3 is 0 Å². The van der Waals surface area contributed by atoms with Crippen LogP contribution in [0.1, 0.15) is 30.9 Å². The van der Waals surface area contributed by atoms with Gasteiger partial charge in [-0.3, -0.25) is 0 Å². The van der Waals surface area contributed by atoms with Crippen LogP contribution in [0, 0.1) is 6.92 Å². The number of benzene rings is 1. The fourth-order valence-corrected chi connectivity index (χ4v) is 2.05. The highest BCUT2D eigenvalue weighted by Crippen LogP contribution is 2.58. The topological polar surface area (TPSA) is 0 Å². The van der Waals surface area contributed by atoms with Gasteiger partial charge in [-0.2, -0.15) is 0 Å². The first-order valence-electron chi connectivity index (χ1n) is 4.91. The van der Waals surface area contributed by atoms with Gasteiger partial charge in [-0.1, -0.05) is 29.8 Å². The molecule has 2 rings (SSSR count). The number of alkyl halides is 2.